The summed E-state index contributed by atoms with van der Waals surface area (Å²) in [6.07, 6.45) is 0. The molecule has 1 N–H and O–H groups in total. The van der Waals surface area contributed by atoms with Crippen LogP contribution in [0.15, 0.2) is 84.9 Å². The van der Waals surface area contributed by atoms with E-state index in [-0.39, 0.29) is 0 Å². The van der Waals surface area contributed by atoms with Crippen molar-refractivity contribution in [3.8, 4) is 0 Å². The molecule has 22 heavy (non-hydrogen) atoms. The van der Waals surface area contributed by atoms with Gasteiger partial charge in [0.25, 0.3) is 0 Å². The van der Waals surface area contributed by atoms with Gasteiger partial charge in [0.1, 0.15) is 0 Å². The molecule has 3 rings (SSSR count). The summed E-state index contributed by atoms with van der Waals surface area (Å²) in [4.78, 5) is 0. The summed E-state index contributed by atoms with van der Waals surface area (Å²) >= 11 is 0. The fourth-order valence-corrected chi connectivity index (χ4v) is 4.85. The van der Waals surface area contributed by atoms with Gasteiger partial charge in [-0.05, 0) is 36.4 Å². The fraction of sp³-hybridized carbons (Fsp3) is 0.100. The molecule has 110 valence electrons. The van der Waals surface area contributed by atoms with E-state index in [2.05, 4.69) is 90.2 Å². The van der Waals surface area contributed by atoms with Gasteiger partial charge in [0.2, 0.25) is 0 Å². The second-order valence-corrected chi connectivity index (χ2v) is 7.42. The van der Waals surface area contributed by atoms with Gasteiger partial charge in [0.15, 0.2) is 0 Å². The van der Waals surface area contributed by atoms with E-state index >= 15 is 0 Å². The highest BCUT2D eigenvalue weighted by Crippen LogP contribution is 2.32. The van der Waals surface area contributed by atoms with Gasteiger partial charge >= 0.3 is 0 Å². The molecule has 0 unspecified atom stereocenters. The Kier molecular flexibility index (Phi) is 5.00. The highest BCUT2D eigenvalue weighted by atomic mass is 31.1. The zero-order chi connectivity index (χ0) is 15.2. The van der Waals surface area contributed by atoms with Crippen LogP contribution in [-0.2, 0) is 6.54 Å². The maximum Gasteiger partial charge on any atom is 0.0202 e. The molecule has 1 nitrogen and oxygen atoms in total. The average Bonchev–Trinajstić information content (AvgIpc) is 2.59. The van der Waals surface area contributed by atoms with Crippen LogP contribution in [0.4, 0.5) is 0 Å². The molecule has 2 heteroatoms. The van der Waals surface area contributed by atoms with E-state index in [9.17, 15) is 0 Å². The molecule has 0 bridgehead atoms. The Morgan fingerprint density at radius 1 is 0.636 bits per heavy atom. The van der Waals surface area contributed by atoms with Crippen molar-refractivity contribution in [2.24, 2.45) is 0 Å². The summed E-state index contributed by atoms with van der Waals surface area (Å²) < 4.78 is 0. The summed E-state index contributed by atoms with van der Waals surface area (Å²) in [5, 5.41) is 7.38. The van der Waals surface area contributed by atoms with E-state index < -0.39 is 7.92 Å². The Morgan fingerprint density at radius 2 is 1.09 bits per heavy atom. The number of hydrogen-bond acceptors (Lipinski definition) is 1. The Hall–Kier alpha value is -1.95. The summed E-state index contributed by atoms with van der Waals surface area (Å²) in [6.45, 7) is 0.912. The third-order valence-electron chi connectivity index (χ3n) is 3.60. The molecule has 0 saturated carbocycles. The Morgan fingerprint density at radius 3 is 1.55 bits per heavy atom. The first-order valence-corrected chi connectivity index (χ1v) is 8.86. The van der Waals surface area contributed by atoms with Gasteiger partial charge in [-0.2, -0.15) is 0 Å². The van der Waals surface area contributed by atoms with Crippen molar-refractivity contribution in [3.05, 3.63) is 90.5 Å². The van der Waals surface area contributed by atoms with E-state index in [1.54, 1.807) is 0 Å². The minimum absolute atomic E-state index is 0.488. The van der Waals surface area contributed by atoms with Crippen molar-refractivity contribution in [2.75, 3.05) is 7.05 Å². The van der Waals surface area contributed by atoms with Gasteiger partial charge < -0.3 is 5.32 Å². The lowest BCUT2D eigenvalue weighted by molar-refractivity contribution is 0.818. The van der Waals surface area contributed by atoms with E-state index in [1.165, 1.54) is 21.5 Å². The molecule has 0 aliphatic carbocycles. The van der Waals surface area contributed by atoms with Crippen molar-refractivity contribution in [1.82, 2.24) is 5.32 Å². The smallest absolute Gasteiger partial charge is 0.0202 e. The standard InChI is InChI=1S/C20H20NP/c1-21-16-17-12-14-20(15-13-17)22(18-8-4-2-5-9-18)19-10-6-3-7-11-19/h2-15,21H,16H2,1H3. The third kappa shape index (κ3) is 3.44. The predicted molar refractivity (Wildman–Crippen MR) is 97.9 cm³/mol. The van der Waals surface area contributed by atoms with Gasteiger partial charge in [-0.1, -0.05) is 84.9 Å². The van der Waals surface area contributed by atoms with E-state index in [4.69, 9.17) is 0 Å². The van der Waals surface area contributed by atoms with Crippen LogP contribution in [0, 0.1) is 0 Å². The first-order valence-electron chi connectivity index (χ1n) is 7.52. The average molecular weight is 305 g/mol. The van der Waals surface area contributed by atoms with Crippen LogP contribution in [0.2, 0.25) is 0 Å². The first kappa shape index (κ1) is 15.0. The molecule has 0 aromatic heterocycles. The van der Waals surface area contributed by atoms with E-state index in [0.29, 0.717) is 0 Å². The molecule has 0 aliphatic heterocycles. The van der Waals surface area contributed by atoms with Crippen LogP contribution in [0.25, 0.3) is 0 Å². The molecule has 3 aromatic carbocycles. The van der Waals surface area contributed by atoms with Crippen LogP contribution in [0.5, 0.6) is 0 Å². The fourth-order valence-electron chi connectivity index (χ4n) is 2.57. The highest BCUT2D eigenvalue weighted by molar-refractivity contribution is 7.79. The zero-order valence-electron chi connectivity index (χ0n) is 12.7. The zero-order valence-corrected chi connectivity index (χ0v) is 13.6. The lowest BCUT2D eigenvalue weighted by atomic mass is 10.2. The SMILES string of the molecule is CNCc1ccc(P(c2ccccc2)c2ccccc2)cc1. The summed E-state index contributed by atoms with van der Waals surface area (Å²) in [6, 6.07) is 30.6. The van der Waals surface area contributed by atoms with E-state index in [0.717, 1.165) is 6.54 Å². The minimum atomic E-state index is -0.488. The van der Waals surface area contributed by atoms with Gasteiger partial charge in [-0.3, -0.25) is 0 Å². The van der Waals surface area contributed by atoms with Gasteiger partial charge in [-0.15, -0.1) is 0 Å². The van der Waals surface area contributed by atoms with Crippen LogP contribution >= 0.6 is 7.92 Å². The summed E-state index contributed by atoms with van der Waals surface area (Å²) in [7, 11) is 1.49. The maximum absolute atomic E-state index is 3.20. The number of hydrogen-bond donors (Lipinski definition) is 1. The molecule has 0 heterocycles. The lowest BCUT2D eigenvalue weighted by Crippen LogP contribution is -2.20. The van der Waals surface area contributed by atoms with Crippen LogP contribution in [0.1, 0.15) is 5.56 Å². The first-order chi connectivity index (χ1) is 10.9. The minimum Gasteiger partial charge on any atom is -0.316 e. The van der Waals surface area contributed by atoms with Crippen molar-refractivity contribution >= 4 is 23.8 Å². The molecule has 0 aliphatic rings. The largest absolute Gasteiger partial charge is 0.316 e. The molecule has 0 amide bonds. The second-order valence-electron chi connectivity index (χ2n) is 5.20. The molecular formula is C20H20NP. The topological polar surface area (TPSA) is 12.0 Å². The van der Waals surface area contributed by atoms with Crippen molar-refractivity contribution < 1.29 is 0 Å². The normalized spacial score (nSPS) is 10.8. The van der Waals surface area contributed by atoms with Gasteiger partial charge in [0, 0.05) is 6.54 Å². The lowest BCUT2D eigenvalue weighted by Gasteiger charge is -2.19. The number of benzene rings is 3. The molecule has 0 atom stereocenters. The van der Waals surface area contributed by atoms with Crippen LogP contribution < -0.4 is 21.2 Å². The summed E-state index contributed by atoms with van der Waals surface area (Å²) in [5.74, 6) is 0. The second kappa shape index (κ2) is 7.35. The van der Waals surface area contributed by atoms with Crippen LogP contribution in [-0.4, -0.2) is 7.05 Å². The molecule has 0 fully saturated rings. The van der Waals surface area contributed by atoms with Crippen molar-refractivity contribution in [3.63, 3.8) is 0 Å². The summed E-state index contributed by atoms with van der Waals surface area (Å²) in [5.41, 5.74) is 1.32. The predicted octanol–water partition coefficient (Wildman–Crippen LogP) is 3.16. The Labute approximate surface area is 133 Å². The third-order valence-corrected chi connectivity index (χ3v) is 6.05. The van der Waals surface area contributed by atoms with Crippen LogP contribution in [0.3, 0.4) is 0 Å². The molecular weight excluding hydrogens is 285 g/mol. The number of rotatable bonds is 5. The molecule has 0 radical (unpaired) electrons. The van der Waals surface area contributed by atoms with Gasteiger partial charge in [-0.25, -0.2) is 0 Å². The molecule has 0 spiro atoms. The van der Waals surface area contributed by atoms with E-state index in [1.807, 2.05) is 7.05 Å². The highest BCUT2D eigenvalue weighted by Gasteiger charge is 2.15. The molecule has 3 aromatic rings. The molecule has 0 saturated heterocycles. The monoisotopic (exact) mass is 305 g/mol. The van der Waals surface area contributed by atoms with Crippen molar-refractivity contribution in [2.45, 2.75) is 6.54 Å². The van der Waals surface area contributed by atoms with Crippen molar-refractivity contribution in [1.29, 1.82) is 0 Å². The Balaban J connectivity index is 2.02. The Bertz CT molecular complexity index is 653. The quantitative estimate of drug-likeness (QED) is 0.714. The maximum atomic E-state index is 3.20. The van der Waals surface area contributed by atoms with Gasteiger partial charge in [0.05, 0.1) is 0 Å². The number of nitrogens with one attached hydrogen (secondary N) is 1.